The first-order valence-electron chi connectivity index (χ1n) is 6.62. The number of nitrogens with zero attached hydrogens (tertiary/aromatic N) is 2. The molecular formula is C15H17N3O4. The number of hydrogen-bond acceptors (Lipinski definition) is 5. The first-order chi connectivity index (χ1) is 10.5. The van der Waals surface area contributed by atoms with Crippen molar-refractivity contribution in [2.24, 2.45) is 4.99 Å². The first-order valence-corrected chi connectivity index (χ1v) is 6.62. The zero-order valence-electron chi connectivity index (χ0n) is 12.5. The number of nitrogens with one attached hydrogen (secondary N) is 1. The third kappa shape index (κ3) is 3.63. The molecule has 1 aliphatic rings. The standard InChI is InChI=1S/C15H17N3O4/c1-10(6-11(2)18(19)20)15(16-3)17-8-12-4-5-13-14(7-12)22-9-21-13/h4-7H,2,8-9H2,1,3H3,(H,16,17)/b10-6+. The van der Waals surface area contributed by atoms with Gasteiger partial charge >= 0.3 is 0 Å². The second-order valence-corrected chi connectivity index (χ2v) is 4.69. The monoisotopic (exact) mass is 303 g/mol. The van der Waals surface area contributed by atoms with Gasteiger partial charge in [-0.2, -0.15) is 0 Å². The lowest BCUT2D eigenvalue weighted by molar-refractivity contribution is -0.418. The van der Waals surface area contributed by atoms with Crippen LogP contribution < -0.4 is 14.8 Å². The van der Waals surface area contributed by atoms with Gasteiger partial charge in [-0.1, -0.05) is 6.07 Å². The van der Waals surface area contributed by atoms with Gasteiger partial charge in [-0.25, -0.2) is 0 Å². The largest absolute Gasteiger partial charge is 0.454 e. The van der Waals surface area contributed by atoms with Crippen LogP contribution in [0.2, 0.25) is 0 Å². The summed E-state index contributed by atoms with van der Waals surface area (Å²) in [4.78, 5) is 14.2. The highest BCUT2D eigenvalue weighted by atomic mass is 16.7. The van der Waals surface area contributed by atoms with E-state index in [2.05, 4.69) is 16.9 Å². The van der Waals surface area contributed by atoms with Crippen LogP contribution in [0.25, 0.3) is 0 Å². The van der Waals surface area contributed by atoms with Crippen molar-refractivity contribution in [3.05, 3.63) is 57.8 Å². The van der Waals surface area contributed by atoms with Gasteiger partial charge in [0, 0.05) is 19.7 Å². The van der Waals surface area contributed by atoms with E-state index < -0.39 is 4.92 Å². The number of fused-ring (bicyclic) bond motifs is 1. The number of ether oxygens (including phenoxy) is 2. The quantitative estimate of drug-likeness (QED) is 0.296. The van der Waals surface area contributed by atoms with Crippen LogP contribution in [0, 0.1) is 10.1 Å². The van der Waals surface area contributed by atoms with Crippen molar-refractivity contribution in [1.82, 2.24) is 5.32 Å². The average Bonchev–Trinajstić information content (AvgIpc) is 2.95. The molecule has 0 atom stereocenters. The van der Waals surface area contributed by atoms with Crippen molar-refractivity contribution < 1.29 is 14.4 Å². The Morgan fingerprint density at radius 3 is 2.91 bits per heavy atom. The maximum atomic E-state index is 10.6. The molecule has 1 heterocycles. The smallest absolute Gasteiger partial charge is 0.262 e. The number of nitro groups is 1. The Kier molecular flexibility index (Phi) is 4.77. The minimum atomic E-state index is -0.533. The molecule has 0 aromatic heterocycles. The Morgan fingerprint density at radius 2 is 2.23 bits per heavy atom. The van der Waals surface area contributed by atoms with Gasteiger partial charge in [-0.15, -0.1) is 0 Å². The van der Waals surface area contributed by atoms with E-state index in [1.807, 2.05) is 18.2 Å². The van der Waals surface area contributed by atoms with Crippen LogP contribution in [-0.2, 0) is 6.54 Å². The van der Waals surface area contributed by atoms with Gasteiger partial charge in [0.15, 0.2) is 11.5 Å². The van der Waals surface area contributed by atoms with E-state index in [1.165, 1.54) is 6.08 Å². The van der Waals surface area contributed by atoms with Gasteiger partial charge in [0.1, 0.15) is 5.84 Å². The molecule has 2 rings (SSSR count). The Balaban J connectivity index is 2.02. The first kappa shape index (κ1) is 15.6. The molecule has 1 aliphatic heterocycles. The summed E-state index contributed by atoms with van der Waals surface area (Å²) in [6, 6.07) is 5.65. The van der Waals surface area contributed by atoms with E-state index >= 15 is 0 Å². The number of allylic oxidation sites excluding steroid dienone is 1. The Hall–Kier alpha value is -2.83. The minimum Gasteiger partial charge on any atom is -0.454 e. The highest BCUT2D eigenvalue weighted by molar-refractivity contribution is 5.97. The van der Waals surface area contributed by atoms with Crippen molar-refractivity contribution in [3.63, 3.8) is 0 Å². The summed E-state index contributed by atoms with van der Waals surface area (Å²) in [5.74, 6) is 2.01. The number of benzene rings is 1. The lowest BCUT2D eigenvalue weighted by Gasteiger charge is -2.10. The molecular weight excluding hydrogens is 286 g/mol. The SMILES string of the molecule is C=C(/C=C(C)/C(=N\C)NCc1ccc2c(c1)OCO2)[N+](=O)[O-]. The molecule has 116 valence electrons. The Labute approximate surface area is 128 Å². The van der Waals surface area contributed by atoms with E-state index in [0.717, 1.165) is 11.3 Å². The van der Waals surface area contributed by atoms with Gasteiger partial charge in [0.05, 0.1) is 4.92 Å². The number of rotatable bonds is 5. The second kappa shape index (κ2) is 6.75. The van der Waals surface area contributed by atoms with E-state index in [-0.39, 0.29) is 12.5 Å². The molecule has 0 amide bonds. The van der Waals surface area contributed by atoms with Gasteiger partial charge in [0.25, 0.3) is 5.70 Å². The van der Waals surface area contributed by atoms with Crippen LogP contribution in [0.5, 0.6) is 11.5 Å². The summed E-state index contributed by atoms with van der Waals surface area (Å²) in [6.45, 7) is 5.87. The van der Waals surface area contributed by atoms with Crippen LogP contribution in [0.1, 0.15) is 12.5 Å². The fourth-order valence-corrected chi connectivity index (χ4v) is 2.00. The third-order valence-electron chi connectivity index (χ3n) is 3.11. The number of aliphatic imine (C=N–C) groups is 1. The molecule has 0 spiro atoms. The summed E-state index contributed by atoms with van der Waals surface area (Å²) in [5.41, 5.74) is 1.46. The predicted octanol–water partition coefficient (Wildman–Crippen LogP) is 2.27. The normalized spacial score (nSPS) is 13.9. The molecule has 7 nitrogen and oxygen atoms in total. The lowest BCUT2D eigenvalue weighted by atomic mass is 10.2. The molecule has 1 N–H and O–H groups in total. The van der Waals surface area contributed by atoms with Crippen molar-refractivity contribution in [2.75, 3.05) is 13.8 Å². The third-order valence-corrected chi connectivity index (χ3v) is 3.11. The minimum absolute atomic E-state index is 0.177. The summed E-state index contributed by atoms with van der Waals surface area (Å²) in [5, 5.41) is 13.8. The van der Waals surface area contributed by atoms with E-state index in [1.54, 1.807) is 14.0 Å². The molecule has 0 bridgehead atoms. The van der Waals surface area contributed by atoms with E-state index in [9.17, 15) is 10.1 Å². The van der Waals surface area contributed by atoms with Crippen LogP contribution >= 0.6 is 0 Å². The predicted molar refractivity (Wildman–Crippen MR) is 82.7 cm³/mol. The molecule has 0 fully saturated rings. The fourth-order valence-electron chi connectivity index (χ4n) is 2.00. The number of amidine groups is 1. The summed E-state index contributed by atoms with van der Waals surface area (Å²) < 4.78 is 10.6. The van der Waals surface area contributed by atoms with Gasteiger partial charge < -0.3 is 14.8 Å². The average molecular weight is 303 g/mol. The highest BCUT2D eigenvalue weighted by Gasteiger charge is 2.13. The van der Waals surface area contributed by atoms with Crippen molar-refractivity contribution >= 4 is 5.84 Å². The summed E-state index contributed by atoms with van der Waals surface area (Å²) in [7, 11) is 1.62. The number of hydrogen-bond donors (Lipinski definition) is 1. The molecule has 0 aliphatic carbocycles. The molecule has 0 saturated heterocycles. The second-order valence-electron chi connectivity index (χ2n) is 4.69. The molecule has 0 saturated carbocycles. The molecule has 22 heavy (non-hydrogen) atoms. The van der Waals surface area contributed by atoms with Crippen molar-refractivity contribution in [1.29, 1.82) is 0 Å². The maximum Gasteiger partial charge on any atom is 0.262 e. The summed E-state index contributed by atoms with van der Waals surface area (Å²) in [6.07, 6.45) is 1.38. The lowest BCUT2D eigenvalue weighted by Crippen LogP contribution is -2.24. The fraction of sp³-hybridized carbons (Fsp3) is 0.267. The summed E-state index contributed by atoms with van der Waals surface area (Å²) >= 11 is 0. The maximum absolute atomic E-state index is 10.6. The zero-order chi connectivity index (χ0) is 16.1. The molecule has 7 heteroatoms. The van der Waals surface area contributed by atoms with Crippen molar-refractivity contribution in [2.45, 2.75) is 13.5 Å². The topological polar surface area (TPSA) is 86.0 Å². The van der Waals surface area contributed by atoms with Crippen molar-refractivity contribution in [3.8, 4) is 11.5 Å². The van der Waals surface area contributed by atoms with Crippen LogP contribution in [0.4, 0.5) is 0 Å². The Bertz CT molecular complexity index is 665. The molecule has 0 radical (unpaired) electrons. The van der Waals surface area contributed by atoms with Gasteiger partial charge in [-0.3, -0.25) is 15.1 Å². The molecule has 1 aromatic carbocycles. The van der Waals surface area contributed by atoms with E-state index in [0.29, 0.717) is 23.7 Å². The highest BCUT2D eigenvalue weighted by Crippen LogP contribution is 2.32. The van der Waals surface area contributed by atoms with Gasteiger partial charge in [-0.05, 0) is 36.8 Å². The van der Waals surface area contributed by atoms with Crippen LogP contribution in [0.3, 0.4) is 0 Å². The Morgan fingerprint density at radius 1 is 1.50 bits per heavy atom. The molecule has 1 aromatic rings. The van der Waals surface area contributed by atoms with Gasteiger partial charge in [0.2, 0.25) is 6.79 Å². The van der Waals surface area contributed by atoms with Crippen LogP contribution in [0.15, 0.2) is 47.1 Å². The van der Waals surface area contributed by atoms with E-state index in [4.69, 9.17) is 9.47 Å². The van der Waals surface area contributed by atoms with Crippen LogP contribution in [-0.4, -0.2) is 24.6 Å². The zero-order valence-corrected chi connectivity index (χ0v) is 12.5. The molecule has 0 unspecified atom stereocenters.